The first-order valence-electron chi connectivity index (χ1n) is 4.76. The van der Waals surface area contributed by atoms with E-state index in [1.165, 1.54) is 6.26 Å². The van der Waals surface area contributed by atoms with E-state index in [4.69, 9.17) is 27.6 Å². The summed E-state index contributed by atoms with van der Waals surface area (Å²) in [7, 11) is 0. The van der Waals surface area contributed by atoms with E-state index in [0.29, 0.717) is 26.9 Å². The lowest BCUT2D eigenvalue weighted by molar-refractivity contribution is 0.218. The quantitative estimate of drug-likeness (QED) is 0.882. The van der Waals surface area contributed by atoms with Crippen molar-refractivity contribution in [1.29, 1.82) is 0 Å². The molecular weight excluding hydrogens is 247 g/mol. The first-order valence-corrected chi connectivity index (χ1v) is 5.52. The van der Waals surface area contributed by atoms with Crippen LogP contribution in [0.15, 0.2) is 34.9 Å². The van der Waals surface area contributed by atoms with Gasteiger partial charge in [-0.1, -0.05) is 23.2 Å². The Bertz CT molecular complexity index is 505. The Hall–Kier alpha value is -0.960. The first kappa shape index (κ1) is 11.5. The van der Waals surface area contributed by atoms with Crippen LogP contribution < -0.4 is 0 Å². The number of furan rings is 1. The molecule has 0 aliphatic carbocycles. The van der Waals surface area contributed by atoms with Gasteiger partial charge in [0.25, 0.3) is 0 Å². The second-order valence-electron chi connectivity index (χ2n) is 3.50. The fourth-order valence-corrected chi connectivity index (χ4v) is 1.97. The number of hydrogen-bond donors (Lipinski definition) is 1. The largest absolute Gasteiger partial charge is 0.469 e. The molecule has 1 heterocycles. The Morgan fingerprint density at radius 2 is 1.94 bits per heavy atom. The second-order valence-corrected chi connectivity index (χ2v) is 4.34. The molecule has 0 saturated carbocycles. The van der Waals surface area contributed by atoms with Crippen LogP contribution in [0.25, 0.3) is 0 Å². The number of halogens is 2. The third-order valence-electron chi connectivity index (χ3n) is 2.45. The first-order chi connectivity index (χ1) is 7.59. The van der Waals surface area contributed by atoms with Crippen molar-refractivity contribution in [3.05, 3.63) is 57.5 Å². The number of aliphatic hydroxyl groups excluding tert-OH is 1. The van der Waals surface area contributed by atoms with E-state index in [1.54, 1.807) is 31.2 Å². The summed E-state index contributed by atoms with van der Waals surface area (Å²) in [5.74, 6) is 0.670. The molecule has 0 aliphatic heterocycles. The molecule has 0 fully saturated rings. The normalized spacial score (nSPS) is 12.8. The predicted octanol–water partition coefficient (Wildman–Crippen LogP) is 3.98. The van der Waals surface area contributed by atoms with E-state index < -0.39 is 6.10 Å². The second kappa shape index (κ2) is 4.50. The molecule has 0 saturated heterocycles. The van der Waals surface area contributed by atoms with Gasteiger partial charge in [0.15, 0.2) is 0 Å². The van der Waals surface area contributed by atoms with Gasteiger partial charge in [-0.25, -0.2) is 0 Å². The Morgan fingerprint density at radius 3 is 2.56 bits per heavy atom. The van der Waals surface area contributed by atoms with Crippen molar-refractivity contribution in [2.75, 3.05) is 0 Å². The van der Waals surface area contributed by atoms with Gasteiger partial charge in [0.1, 0.15) is 11.9 Å². The smallest absolute Gasteiger partial charge is 0.109 e. The SMILES string of the molecule is Cc1occc1C(O)c1cc(Cl)ccc1Cl. The van der Waals surface area contributed by atoms with Gasteiger partial charge in [-0.15, -0.1) is 0 Å². The van der Waals surface area contributed by atoms with Gasteiger partial charge in [-0.3, -0.25) is 0 Å². The summed E-state index contributed by atoms with van der Waals surface area (Å²) in [6.07, 6.45) is 0.719. The third-order valence-corrected chi connectivity index (χ3v) is 3.03. The summed E-state index contributed by atoms with van der Waals surface area (Å²) in [6.45, 7) is 1.79. The molecule has 1 aromatic carbocycles. The molecule has 16 heavy (non-hydrogen) atoms. The Kier molecular flexibility index (Phi) is 3.24. The van der Waals surface area contributed by atoms with Crippen molar-refractivity contribution < 1.29 is 9.52 Å². The third kappa shape index (κ3) is 2.09. The van der Waals surface area contributed by atoms with Crippen molar-refractivity contribution in [1.82, 2.24) is 0 Å². The molecule has 2 aromatic rings. The minimum atomic E-state index is -0.815. The number of aryl methyl sites for hydroxylation is 1. The summed E-state index contributed by atoms with van der Waals surface area (Å²) < 4.78 is 5.14. The highest BCUT2D eigenvalue weighted by molar-refractivity contribution is 6.33. The van der Waals surface area contributed by atoms with Crippen LogP contribution in [0.2, 0.25) is 10.0 Å². The lowest BCUT2D eigenvalue weighted by atomic mass is 10.0. The summed E-state index contributed by atoms with van der Waals surface area (Å²) in [6, 6.07) is 6.72. The molecule has 0 spiro atoms. The van der Waals surface area contributed by atoms with Crippen molar-refractivity contribution in [2.24, 2.45) is 0 Å². The van der Waals surface area contributed by atoms with Gasteiger partial charge in [-0.2, -0.15) is 0 Å². The highest BCUT2D eigenvalue weighted by Gasteiger charge is 2.17. The Labute approximate surface area is 103 Å². The van der Waals surface area contributed by atoms with E-state index in [9.17, 15) is 5.11 Å². The van der Waals surface area contributed by atoms with E-state index in [0.717, 1.165) is 0 Å². The monoisotopic (exact) mass is 256 g/mol. The van der Waals surface area contributed by atoms with Gasteiger partial charge >= 0.3 is 0 Å². The summed E-state index contributed by atoms with van der Waals surface area (Å²) in [5, 5.41) is 11.2. The van der Waals surface area contributed by atoms with E-state index in [2.05, 4.69) is 0 Å². The summed E-state index contributed by atoms with van der Waals surface area (Å²) >= 11 is 11.9. The number of aliphatic hydroxyl groups is 1. The van der Waals surface area contributed by atoms with E-state index >= 15 is 0 Å². The van der Waals surface area contributed by atoms with Crippen LogP contribution >= 0.6 is 23.2 Å². The van der Waals surface area contributed by atoms with E-state index in [-0.39, 0.29) is 0 Å². The molecular formula is C12H10Cl2O2. The van der Waals surface area contributed by atoms with Gasteiger partial charge < -0.3 is 9.52 Å². The van der Waals surface area contributed by atoms with Crippen molar-refractivity contribution >= 4 is 23.2 Å². The average molecular weight is 257 g/mol. The number of rotatable bonds is 2. The van der Waals surface area contributed by atoms with Crippen LogP contribution in [-0.2, 0) is 0 Å². The molecule has 1 aromatic heterocycles. The van der Waals surface area contributed by atoms with Crippen LogP contribution in [-0.4, -0.2) is 5.11 Å². The molecule has 1 atom stereocenters. The molecule has 0 amide bonds. The molecule has 4 heteroatoms. The average Bonchev–Trinajstić information content (AvgIpc) is 2.67. The lowest BCUT2D eigenvalue weighted by Crippen LogP contribution is -2.00. The minimum absolute atomic E-state index is 0.484. The van der Waals surface area contributed by atoms with Crippen LogP contribution in [0.5, 0.6) is 0 Å². The molecule has 0 radical (unpaired) electrons. The van der Waals surface area contributed by atoms with Crippen LogP contribution in [0, 0.1) is 6.92 Å². The molecule has 0 bridgehead atoms. The number of hydrogen-bond acceptors (Lipinski definition) is 2. The van der Waals surface area contributed by atoms with Gasteiger partial charge in [0, 0.05) is 21.2 Å². The minimum Gasteiger partial charge on any atom is -0.469 e. The van der Waals surface area contributed by atoms with Gasteiger partial charge in [0.2, 0.25) is 0 Å². The highest BCUT2D eigenvalue weighted by Crippen LogP contribution is 2.32. The van der Waals surface area contributed by atoms with Crippen molar-refractivity contribution in [3.63, 3.8) is 0 Å². The Balaban J connectivity index is 2.45. The zero-order valence-corrected chi connectivity index (χ0v) is 10.1. The van der Waals surface area contributed by atoms with Crippen molar-refractivity contribution in [2.45, 2.75) is 13.0 Å². The zero-order chi connectivity index (χ0) is 11.7. The zero-order valence-electron chi connectivity index (χ0n) is 8.58. The summed E-state index contributed by atoms with van der Waals surface area (Å²) in [5.41, 5.74) is 1.28. The molecule has 1 unspecified atom stereocenters. The summed E-state index contributed by atoms with van der Waals surface area (Å²) in [4.78, 5) is 0. The van der Waals surface area contributed by atoms with Crippen LogP contribution in [0.3, 0.4) is 0 Å². The van der Waals surface area contributed by atoms with Crippen molar-refractivity contribution in [3.8, 4) is 0 Å². The fourth-order valence-electron chi connectivity index (χ4n) is 1.57. The van der Waals surface area contributed by atoms with Gasteiger partial charge in [-0.05, 0) is 31.2 Å². The highest BCUT2D eigenvalue weighted by atomic mass is 35.5. The Morgan fingerprint density at radius 1 is 1.19 bits per heavy atom. The van der Waals surface area contributed by atoms with E-state index in [1.807, 2.05) is 0 Å². The standard InChI is InChI=1S/C12H10Cl2O2/c1-7-9(4-5-16-7)12(15)10-6-8(13)2-3-11(10)14/h2-6,12,15H,1H3. The topological polar surface area (TPSA) is 33.4 Å². The molecule has 0 aliphatic rings. The molecule has 2 rings (SSSR count). The maximum atomic E-state index is 10.2. The van der Waals surface area contributed by atoms with Crippen LogP contribution in [0.1, 0.15) is 23.0 Å². The van der Waals surface area contributed by atoms with Gasteiger partial charge in [0.05, 0.1) is 6.26 Å². The maximum absolute atomic E-state index is 10.2. The molecule has 84 valence electrons. The molecule has 1 N–H and O–H groups in total. The fraction of sp³-hybridized carbons (Fsp3) is 0.167. The number of benzene rings is 1. The lowest BCUT2D eigenvalue weighted by Gasteiger charge is -2.12. The van der Waals surface area contributed by atoms with Crippen LogP contribution in [0.4, 0.5) is 0 Å². The predicted molar refractivity (Wildman–Crippen MR) is 64.0 cm³/mol. The molecule has 2 nitrogen and oxygen atoms in total. The maximum Gasteiger partial charge on any atom is 0.109 e.